The Morgan fingerprint density at radius 3 is 2.96 bits per heavy atom. The second-order valence-corrected chi connectivity index (χ2v) is 7.24. The number of rotatable bonds is 3. The highest BCUT2D eigenvalue weighted by atomic mass is 32.1. The van der Waals surface area contributed by atoms with Crippen LogP contribution in [0.15, 0.2) is 16.7 Å². The molecule has 1 aliphatic heterocycles. The molecule has 0 saturated carbocycles. The van der Waals surface area contributed by atoms with Crippen LogP contribution in [0.4, 0.5) is 5.13 Å². The van der Waals surface area contributed by atoms with E-state index in [4.69, 9.17) is 9.78 Å². The Kier molecular flexibility index (Phi) is 4.05. The van der Waals surface area contributed by atoms with Crippen molar-refractivity contribution in [1.82, 2.24) is 20.0 Å². The van der Waals surface area contributed by atoms with Crippen LogP contribution in [0, 0.1) is 31.2 Å². The van der Waals surface area contributed by atoms with Crippen LogP contribution < -0.4 is 5.32 Å². The van der Waals surface area contributed by atoms with Crippen LogP contribution in [0.2, 0.25) is 0 Å². The van der Waals surface area contributed by atoms with Gasteiger partial charge in [0.2, 0.25) is 5.91 Å². The first-order valence-electron chi connectivity index (χ1n) is 8.21. The Balaban J connectivity index is 1.57. The van der Waals surface area contributed by atoms with Crippen molar-refractivity contribution in [3.8, 4) is 17.5 Å². The molecule has 0 radical (unpaired) electrons. The van der Waals surface area contributed by atoms with E-state index in [1.54, 1.807) is 4.90 Å². The number of fused-ring (bicyclic) bond motifs is 1. The zero-order valence-electron chi connectivity index (χ0n) is 14.3. The third-order valence-corrected chi connectivity index (χ3v) is 5.36. The minimum absolute atomic E-state index is 0.104. The zero-order chi connectivity index (χ0) is 18.3. The summed E-state index contributed by atoms with van der Waals surface area (Å²) >= 11 is 1.33. The zero-order valence-corrected chi connectivity index (χ0v) is 15.1. The van der Waals surface area contributed by atoms with E-state index >= 15 is 0 Å². The molecule has 4 rings (SSSR count). The number of anilines is 1. The summed E-state index contributed by atoms with van der Waals surface area (Å²) in [4.78, 5) is 23.8. The molecular formula is C17H16N6O2S. The molecule has 26 heavy (non-hydrogen) atoms. The summed E-state index contributed by atoms with van der Waals surface area (Å²) in [7, 11) is 0. The summed E-state index contributed by atoms with van der Waals surface area (Å²) in [5.41, 5.74) is 3.17. The average molecular weight is 368 g/mol. The first-order valence-corrected chi connectivity index (χ1v) is 9.03. The van der Waals surface area contributed by atoms with Crippen molar-refractivity contribution in [1.29, 1.82) is 5.26 Å². The van der Waals surface area contributed by atoms with Gasteiger partial charge in [-0.3, -0.25) is 4.79 Å². The van der Waals surface area contributed by atoms with Crippen molar-refractivity contribution < 1.29 is 9.32 Å². The number of hydrogen-bond acceptors (Lipinski definition) is 8. The highest BCUT2D eigenvalue weighted by molar-refractivity contribution is 7.22. The number of nitrogens with zero attached hydrogens (tertiary/aromatic N) is 5. The number of carbonyl (C=O) groups is 1. The quantitative estimate of drug-likeness (QED) is 0.708. The summed E-state index contributed by atoms with van der Waals surface area (Å²) in [6.07, 6.45) is 2.76. The van der Waals surface area contributed by atoms with Gasteiger partial charge in [0.15, 0.2) is 11.3 Å². The molecule has 0 aliphatic carbocycles. The lowest BCUT2D eigenvalue weighted by atomic mass is 10.1. The number of carbonyl (C=O) groups excluding carboxylic acids is 1. The molecule has 1 unspecified atom stereocenters. The number of aryl methyl sites for hydroxylation is 2. The first-order chi connectivity index (χ1) is 12.5. The van der Waals surface area contributed by atoms with Gasteiger partial charge in [-0.15, -0.1) is 0 Å². The van der Waals surface area contributed by atoms with E-state index in [1.807, 2.05) is 26.0 Å². The molecule has 1 fully saturated rings. The van der Waals surface area contributed by atoms with Gasteiger partial charge in [0, 0.05) is 13.1 Å². The molecule has 0 spiro atoms. The first kappa shape index (κ1) is 16.5. The minimum atomic E-state index is -0.188. The monoisotopic (exact) mass is 368 g/mol. The molecule has 9 heteroatoms. The lowest BCUT2D eigenvalue weighted by Gasteiger charge is -2.08. The van der Waals surface area contributed by atoms with Crippen molar-refractivity contribution >= 4 is 32.7 Å². The van der Waals surface area contributed by atoms with E-state index in [1.165, 1.54) is 11.3 Å². The molecule has 1 saturated heterocycles. The van der Waals surface area contributed by atoms with Gasteiger partial charge >= 0.3 is 0 Å². The molecule has 1 amide bonds. The third-order valence-electron chi connectivity index (χ3n) is 4.48. The standard InChI is InChI=1S/C17H16N6O2S/c1-9-14(10(2)25-22-9)12-3-4-13-16(19-12)26-17(20-13)21-15(24)11-5-6-23(7-11)8-18/h3-4,11H,5-7H2,1-2H3,(H,20,21,24). The molecule has 3 aromatic heterocycles. The van der Waals surface area contributed by atoms with Gasteiger partial charge in [-0.2, -0.15) is 5.26 Å². The summed E-state index contributed by atoms with van der Waals surface area (Å²) in [5, 5.41) is 16.2. The van der Waals surface area contributed by atoms with Crippen molar-refractivity contribution in [2.45, 2.75) is 20.3 Å². The predicted octanol–water partition coefficient (Wildman–Crippen LogP) is 2.70. The van der Waals surface area contributed by atoms with Gasteiger partial charge in [-0.05, 0) is 32.4 Å². The van der Waals surface area contributed by atoms with Crippen LogP contribution in [0.25, 0.3) is 21.6 Å². The second-order valence-electron chi connectivity index (χ2n) is 6.26. The maximum absolute atomic E-state index is 12.4. The van der Waals surface area contributed by atoms with Gasteiger partial charge < -0.3 is 14.7 Å². The number of likely N-dealkylation sites (tertiary alicyclic amines) is 1. The Morgan fingerprint density at radius 2 is 2.27 bits per heavy atom. The van der Waals surface area contributed by atoms with Crippen LogP contribution in [0.1, 0.15) is 17.9 Å². The SMILES string of the molecule is Cc1noc(C)c1-c1ccc2nc(NC(=O)C3CCN(C#N)C3)sc2n1. The summed E-state index contributed by atoms with van der Waals surface area (Å²) in [6, 6.07) is 3.75. The normalized spacial score (nSPS) is 16.8. The van der Waals surface area contributed by atoms with Gasteiger partial charge in [-0.1, -0.05) is 16.5 Å². The van der Waals surface area contributed by atoms with Crippen LogP contribution in [0.5, 0.6) is 0 Å². The number of nitrogens with one attached hydrogen (secondary N) is 1. The van der Waals surface area contributed by atoms with Crippen LogP contribution in [0.3, 0.4) is 0 Å². The fourth-order valence-corrected chi connectivity index (χ4v) is 3.97. The molecule has 4 heterocycles. The van der Waals surface area contributed by atoms with E-state index in [-0.39, 0.29) is 11.8 Å². The van der Waals surface area contributed by atoms with Crippen LogP contribution >= 0.6 is 11.3 Å². The second kappa shape index (κ2) is 6.38. The van der Waals surface area contributed by atoms with Crippen molar-refractivity contribution in [3.63, 3.8) is 0 Å². The molecule has 1 N–H and O–H groups in total. The molecular weight excluding hydrogens is 352 g/mol. The van der Waals surface area contributed by atoms with E-state index in [0.717, 1.165) is 33.1 Å². The van der Waals surface area contributed by atoms with Gasteiger partial charge in [0.25, 0.3) is 0 Å². The Hall–Kier alpha value is -2.99. The van der Waals surface area contributed by atoms with E-state index in [0.29, 0.717) is 24.6 Å². The number of hydrogen-bond donors (Lipinski definition) is 1. The van der Waals surface area contributed by atoms with Crippen molar-refractivity contribution in [2.75, 3.05) is 18.4 Å². The van der Waals surface area contributed by atoms with Gasteiger partial charge in [0.05, 0.1) is 22.9 Å². The lowest BCUT2D eigenvalue weighted by Crippen LogP contribution is -2.25. The largest absolute Gasteiger partial charge is 0.361 e. The summed E-state index contributed by atoms with van der Waals surface area (Å²) in [5.74, 6) is 0.427. The Morgan fingerprint density at radius 1 is 1.42 bits per heavy atom. The van der Waals surface area contributed by atoms with E-state index in [2.05, 4.69) is 26.6 Å². The molecule has 0 bridgehead atoms. The number of thiazole rings is 1. The minimum Gasteiger partial charge on any atom is -0.361 e. The van der Waals surface area contributed by atoms with Crippen molar-refractivity contribution in [2.24, 2.45) is 5.92 Å². The fraction of sp³-hybridized carbons (Fsp3) is 0.353. The van der Waals surface area contributed by atoms with E-state index in [9.17, 15) is 4.79 Å². The fourth-order valence-electron chi connectivity index (χ4n) is 3.13. The summed E-state index contributed by atoms with van der Waals surface area (Å²) < 4.78 is 5.21. The predicted molar refractivity (Wildman–Crippen MR) is 96.3 cm³/mol. The average Bonchev–Trinajstić information content (AvgIpc) is 3.32. The topological polar surface area (TPSA) is 108 Å². The molecule has 132 valence electrons. The number of amides is 1. The lowest BCUT2D eigenvalue weighted by molar-refractivity contribution is -0.119. The highest BCUT2D eigenvalue weighted by Gasteiger charge is 2.28. The van der Waals surface area contributed by atoms with Crippen LogP contribution in [-0.4, -0.2) is 39.0 Å². The van der Waals surface area contributed by atoms with Crippen molar-refractivity contribution in [3.05, 3.63) is 23.6 Å². The van der Waals surface area contributed by atoms with Gasteiger partial charge in [-0.25, -0.2) is 9.97 Å². The number of nitriles is 1. The van der Waals surface area contributed by atoms with E-state index < -0.39 is 0 Å². The number of aromatic nitrogens is 3. The third kappa shape index (κ3) is 2.88. The molecule has 8 nitrogen and oxygen atoms in total. The maximum atomic E-state index is 12.4. The Labute approximate surface area is 153 Å². The highest BCUT2D eigenvalue weighted by Crippen LogP contribution is 2.30. The number of pyridine rings is 1. The molecule has 0 aromatic carbocycles. The Bertz CT molecular complexity index is 1010. The molecule has 1 atom stereocenters. The van der Waals surface area contributed by atoms with Crippen LogP contribution in [-0.2, 0) is 4.79 Å². The smallest absolute Gasteiger partial charge is 0.231 e. The molecule has 1 aliphatic rings. The summed E-state index contributed by atoms with van der Waals surface area (Å²) in [6.45, 7) is 4.81. The van der Waals surface area contributed by atoms with Gasteiger partial charge in [0.1, 0.15) is 16.1 Å². The maximum Gasteiger partial charge on any atom is 0.231 e. The molecule has 3 aromatic rings.